The quantitative estimate of drug-likeness (QED) is 0.571. The number of methoxy groups -OCH3 is 1. The van der Waals surface area contributed by atoms with Crippen LogP contribution in [0.4, 0.5) is 0 Å². The fraction of sp³-hybridized carbons (Fsp3) is 1.00. The summed E-state index contributed by atoms with van der Waals surface area (Å²) in [5, 5.41) is 0. The van der Waals surface area contributed by atoms with Gasteiger partial charge in [-0.15, -0.1) is 0 Å². The molecule has 0 aromatic carbocycles. The predicted molar refractivity (Wildman–Crippen MR) is 42.1 cm³/mol. The molecular formula is C8H17NO. The van der Waals surface area contributed by atoms with E-state index >= 15 is 0 Å². The fourth-order valence-corrected chi connectivity index (χ4v) is 1.75. The summed E-state index contributed by atoms with van der Waals surface area (Å²) in [5.74, 6) is 0.852. The van der Waals surface area contributed by atoms with E-state index in [1.54, 1.807) is 7.11 Å². The van der Waals surface area contributed by atoms with E-state index in [9.17, 15) is 0 Å². The fourth-order valence-electron chi connectivity index (χ4n) is 1.75. The van der Waals surface area contributed by atoms with Crippen molar-refractivity contribution >= 4 is 0 Å². The number of likely N-dealkylation sites (tertiary alicyclic amines) is 1. The smallest absolute Gasteiger partial charge is 0.0618 e. The molecule has 10 heavy (non-hydrogen) atoms. The van der Waals surface area contributed by atoms with Crippen LogP contribution in [0.5, 0.6) is 0 Å². The van der Waals surface area contributed by atoms with Crippen LogP contribution in [0.3, 0.4) is 0 Å². The van der Waals surface area contributed by atoms with Gasteiger partial charge in [0.15, 0.2) is 0 Å². The summed E-state index contributed by atoms with van der Waals surface area (Å²) in [7, 11) is 3.95. The molecule has 2 heteroatoms. The average Bonchev–Trinajstić information content (AvgIpc) is 2.13. The number of likely N-dealkylation sites (N-methyl/N-ethyl adjacent to an activating group) is 1. The molecule has 1 aliphatic rings. The van der Waals surface area contributed by atoms with Crippen molar-refractivity contribution in [3.05, 3.63) is 0 Å². The van der Waals surface area contributed by atoms with Crippen molar-refractivity contribution in [1.82, 2.24) is 4.90 Å². The summed E-state index contributed by atoms with van der Waals surface area (Å²) < 4.78 is 5.10. The van der Waals surface area contributed by atoms with Crippen molar-refractivity contribution in [2.24, 2.45) is 5.92 Å². The molecule has 0 saturated carbocycles. The van der Waals surface area contributed by atoms with Gasteiger partial charge in [0.2, 0.25) is 0 Å². The minimum atomic E-state index is 0.667. The summed E-state index contributed by atoms with van der Waals surface area (Å²) in [6, 6.07) is 0.667. The number of rotatable bonds is 2. The molecule has 0 aromatic heterocycles. The van der Waals surface area contributed by atoms with Gasteiger partial charge >= 0.3 is 0 Å². The van der Waals surface area contributed by atoms with Gasteiger partial charge in [0.1, 0.15) is 0 Å². The second-order valence-corrected chi connectivity index (χ2v) is 3.39. The highest BCUT2D eigenvalue weighted by Gasteiger charge is 2.25. The van der Waals surface area contributed by atoms with E-state index in [1.807, 2.05) is 0 Å². The summed E-state index contributed by atoms with van der Waals surface area (Å²) in [4.78, 5) is 2.38. The second-order valence-electron chi connectivity index (χ2n) is 3.39. The van der Waals surface area contributed by atoms with Crippen molar-refractivity contribution in [3.63, 3.8) is 0 Å². The topological polar surface area (TPSA) is 12.5 Å². The predicted octanol–water partition coefficient (Wildman–Crippen LogP) is 0.973. The molecule has 2 nitrogen and oxygen atoms in total. The molecule has 0 spiro atoms. The SMILES string of the molecule is COC[C@@H]1CC(C)CN1C. The Morgan fingerprint density at radius 1 is 1.60 bits per heavy atom. The molecule has 60 valence electrons. The maximum absolute atomic E-state index is 5.10. The lowest BCUT2D eigenvalue weighted by atomic mass is 10.1. The van der Waals surface area contributed by atoms with E-state index in [-0.39, 0.29) is 0 Å². The second kappa shape index (κ2) is 3.35. The van der Waals surface area contributed by atoms with E-state index < -0.39 is 0 Å². The molecule has 0 aliphatic carbocycles. The van der Waals surface area contributed by atoms with Gasteiger partial charge in [-0.05, 0) is 19.4 Å². The number of nitrogens with zero attached hydrogens (tertiary/aromatic N) is 1. The molecule has 0 radical (unpaired) electrons. The zero-order valence-corrected chi connectivity index (χ0v) is 7.13. The largest absolute Gasteiger partial charge is 0.383 e. The van der Waals surface area contributed by atoms with Crippen LogP contribution < -0.4 is 0 Å². The summed E-state index contributed by atoms with van der Waals surface area (Å²) in [6.45, 7) is 4.42. The Bertz CT molecular complexity index is 105. The summed E-state index contributed by atoms with van der Waals surface area (Å²) >= 11 is 0. The van der Waals surface area contributed by atoms with Crippen LogP contribution in [-0.2, 0) is 4.74 Å². The number of hydrogen-bond acceptors (Lipinski definition) is 2. The van der Waals surface area contributed by atoms with Crippen LogP contribution in [0.15, 0.2) is 0 Å². The first-order valence-corrected chi connectivity index (χ1v) is 3.93. The highest BCUT2D eigenvalue weighted by Crippen LogP contribution is 2.20. The minimum Gasteiger partial charge on any atom is -0.383 e. The molecule has 0 N–H and O–H groups in total. The molecule has 1 unspecified atom stereocenters. The van der Waals surface area contributed by atoms with Gasteiger partial charge in [0.25, 0.3) is 0 Å². The van der Waals surface area contributed by atoms with E-state index in [4.69, 9.17) is 4.74 Å². The lowest BCUT2D eigenvalue weighted by Crippen LogP contribution is -2.28. The van der Waals surface area contributed by atoms with E-state index in [2.05, 4.69) is 18.9 Å². The number of ether oxygens (including phenoxy) is 1. The van der Waals surface area contributed by atoms with Crippen molar-refractivity contribution in [3.8, 4) is 0 Å². The molecule has 1 aliphatic heterocycles. The molecular weight excluding hydrogens is 126 g/mol. The van der Waals surface area contributed by atoms with Crippen LogP contribution in [0, 0.1) is 5.92 Å². The first-order valence-electron chi connectivity index (χ1n) is 3.93. The van der Waals surface area contributed by atoms with E-state index in [0.29, 0.717) is 6.04 Å². The molecule has 1 fully saturated rings. The molecule has 1 saturated heterocycles. The Morgan fingerprint density at radius 2 is 2.30 bits per heavy atom. The Hall–Kier alpha value is -0.0800. The van der Waals surface area contributed by atoms with Crippen molar-refractivity contribution in [2.45, 2.75) is 19.4 Å². The Balaban J connectivity index is 2.31. The summed E-state index contributed by atoms with van der Waals surface area (Å²) in [5.41, 5.74) is 0. The van der Waals surface area contributed by atoms with Crippen LogP contribution in [0.2, 0.25) is 0 Å². The van der Waals surface area contributed by atoms with Crippen molar-refractivity contribution in [2.75, 3.05) is 27.3 Å². The molecule has 1 heterocycles. The van der Waals surface area contributed by atoms with Gasteiger partial charge in [0.05, 0.1) is 6.61 Å². The molecule has 1 rings (SSSR count). The zero-order chi connectivity index (χ0) is 7.56. The van der Waals surface area contributed by atoms with Crippen LogP contribution in [-0.4, -0.2) is 38.3 Å². The maximum atomic E-state index is 5.10. The average molecular weight is 143 g/mol. The van der Waals surface area contributed by atoms with Gasteiger partial charge < -0.3 is 9.64 Å². The molecule has 0 aromatic rings. The lowest BCUT2D eigenvalue weighted by Gasteiger charge is -2.17. The van der Waals surface area contributed by atoms with Gasteiger partial charge in [-0.2, -0.15) is 0 Å². The van der Waals surface area contributed by atoms with Gasteiger partial charge in [-0.25, -0.2) is 0 Å². The van der Waals surface area contributed by atoms with Crippen LogP contribution >= 0.6 is 0 Å². The Kier molecular flexibility index (Phi) is 2.69. The molecule has 0 bridgehead atoms. The third kappa shape index (κ3) is 1.70. The first kappa shape index (κ1) is 8.02. The van der Waals surface area contributed by atoms with Gasteiger partial charge in [0, 0.05) is 19.7 Å². The maximum Gasteiger partial charge on any atom is 0.0618 e. The molecule has 0 amide bonds. The monoisotopic (exact) mass is 143 g/mol. The van der Waals surface area contributed by atoms with Crippen molar-refractivity contribution in [1.29, 1.82) is 0 Å². The zero-order valence-electron chi connectivity index (χ0n) is 7.13. The standard InChI is InChI=1S/C8H17NO/c1-7-4-8(6-10-3)9(2)5-7/h7-8H,4-6H2,1-3H3/t7?,8-/m0/s1. The normalized spacial score (nSPS) is 35.1. The van der Waals surface area contributed by atoms with Crippen molar-refractivity contribution < 1.29 is 4.74 Å². The molecule has 2 atom stereocenters. The number of hydrogen-bond donors (Lipinski definition) is 0. The van der Waals surface area contributed by atoms with Crippen LogP contribution in [0.1, 0.15) is 13.3 Å². The third-order valence-corrected chi connectivity index (χ3v) is 2.26. The lowest BCUT2D eigenvalue weighted by molar-refractivity contribution is 0.129. The first-order chi connectivity index (χ1) is 4.74. The Labute approximate surface area is 63.2 Å². The third-order valence-electron chi connectivity index (χ3n) is 2.26. The van der Waals surface area contributed by atoms with Gasteiger partial charge in [-0.3, -0.25) is 0 Å². The van der Waals surface area contributed by atoms with E-state index in [0.717, 1.165) is 12.5 Å². The van der Waals surface area contributed by atoms with Gasteiger partial charge in [-0.1, -0.05) is 6.92 Å². The van der Waals surface area contributed by atoms with Crippen LogP contribution in [0.25, 0.3) is 0 Å². The Morgan fingerprint density at radius 3 is 2.70 bits per heavy atom. The highest BCUT2D eigenvalue weighted by molar-refractivity contribution is 4.80. The summed E-state index contributed by atoms with van der Waals surface area (Å²) in [6.07, 6.45) is 1.30. The van der Waals surface area contributed by atoms with E-state index in [1.165, 1.54) is 13.0 Å². The minimum absolute atomic E-state index is 0.667. The highest BCUT2D eigenvalue weighted by atomic mass is 16.5.